The predicted molar refractivity (Wildman–Crippen MR) is 61.4 cm³/mol. The topological polar surface area (TPSA) is 49.4 Å². The first-order valence-electron chi connectivity index (χ1n) is 5.10. The average Bonchev–Trinajstić information content (AvgIpc) is 2.43. The standard InChI is InChI=1S/C11H10ClFN2O2/c12-7-1-2-9(8(13)5-7)15-4-3-10(16)14-6-11(15)17/h1-2,5H,3-4,6H2,(H,14,16). The van der Waals surface area contributed by atoms with Crippen LogP contribution >= 0.6 is 11.6 Å². The Bertz CT molecular complexity index is 479. The number of nitrogens with one attached hydrogen (secondary N) is 1. The summed E-state index contributed by atoms with van der Waals surface area (Å²) in [6.45, 7) is 0.0596. The van der Waals surface area contributed by atoms with Gasteiger partial charge in [0, 0.05) is 18.0 Å². The van der Waals surface area contributed by atoms with Crippen molar-refractivity contribution in [1.29, 1.82) is 0 Å². The molecule has 90 valence electrons. The number of hydrogen-bond donors (Lipinski definition) is 1. The molecular weight excluding hydrogens is 247 g/mol. The van der Waals surface area contributed by atoms with Gasteiger partial charge in [0.1, 0.15) is 5.82 Å². The number of benzene rings is 1. The van der Waals surface area contributed by atoms with Crippen LogP contribution in [0.3, 0.4) is 0 Å². The van der Waals surface area contributed by atoms with Crippen molar-refractivity contribution in [3.63, 3.8) is 0 Å². The summed E-state index contributed by atoms with van der Waals surface area (Å²) in [5, 5.41) is 2.71. The molecule has 0 saturated carbocycles. The number of anilines is 1. The van der Waals surface area contributed by atoms with E-state index in [2.05, 4.69) is 5.32 Å². The molecule has 4 nitrogen and oxygen atoms in total. The summed E-state index contributed by atoms with van der Waals surface area (Å²) >= 11 is 5.64. The summed E-state index contributed by atoms with van der Waals surface area (Å²) in [4.78, 5) is 24.1. The molecule has 2 rings (SSSR count). The molecule has 1 aromatic carbocycles. The summed E-state index contributed by atoms with van der Waals surface area (Å²) in [6, 6.07) is 4.09. The number of carbonyl (C=O) groups excluding carboxylic acids is 2. The van der Waals surface area contributed by atoms with E-state index in [0.29, 0.717) is 0 Å². The van der Waals surface area contributed by atoms with E-state index in [9.17, 15) is 14.0 Å². The van der Waals surface area contributed by atoms with Crippen molar-refractivity contribution in [1.82, 2.24) is 5.32 Å². The van der Waals surface area contributed by atoms with Gasteiger partial charge in [-0.05, 0) is 18.2 Å². The monoisotopic (exact) mass is 256 g/mol. The van der Waals surface area contributed by atoms with Crippen molar-refractivity contribution in [2.75, 3.05) is 18.0 Å². The number of carbonyl (C=O) groups is 2. The Morgan fingerprint density at radius 3 is 2.82 bits per heavy atom. The number of nitrogens with zero attached hydrogens (tertiary/aromatic N) is 1. The normalized spacial score (nSPS) is 16.7. The lowest BCUT2D eigenvalue weighted by Crippen LogP contribution is -2.35. The summed E-state index contributed by atoms with van der Waals surface area (Å²) in [7, 11) is 0. The highest BCUT2D eigenvalue weighted by atomic mass is 35.5. The van der Waals surface area contributed by atoms with Crippen molar-refractivity contribution in [3.8, 4) is 0 Å². The Morgan fingerprint density at radius 2 is 2.12 bits per heavy atom. The number of rotatable bonds is 1. The van der Waals surface area contributed by atoms with Gasteiger partial charge >= 0.3 is 0 Å². The highest BCUT2D eigenvalue weighted by molar-refractivity contribution is 6.30. The van der Waals surface area contributed by atoms with Crippen LogP contribution in [0.15, 0.2) is 18.2 Å². The van der Waals surface area contributed by atoms with Crippen molar-refractivity contribution in [2.24, 2.45) is 0 Å². The zero-order chi connectivity index (χ0) is 12.4. The average molecular weight is 257 g/mol. The minimum atomic E-state index is -0.569. The van der Waals surface area contributed by atoms with Crippen molar-refractivity contribution < 1.29 is 14.0 Å². The molecule has 1 heterocycles. The highest BCUT2D eigenvalue weighted by Crippen LogP contribution is 2.23. The molecule has 6 heteroatoms. The van der Waals surface area contributed by atoms with Crippen LogP contribution in [0.5, 0.6) is 0 Å². The molecule has 1 fully saturated rings. The number of hydrogen-bond acceptors (Lipinski definition) is 2. The highest BCUT2D eigenvalue weighted by Gasteiger charge is 2.23. The first-order chi connectivity index (χ1) is 8.08. The van der Waals surface area contributed by atoms with Crippen molar-refractivity contribution in [3.05, 3.63) is 29.0 Å². The summed E-state index contributed by atoms with van der Waals surface area (Å²) in [6.07, 6.45) is 0.161. The zero-order valence-corrected chi connectivity index (χ0v) is 9.63. The molecular formula is C11H10ClFN2O2. The molecule has 0 atom stereocenters. The van der Waals surface area contributed by atoms with Gasteiger partial charge in [-0.15, -0.1) is 0 Å². The van der Waals surface area contributed by atoms with Crippen LogP contribution in [0.1, 0.15) is 6.42 Å². The fourth-order valence-corrected chi connectivity index (χ4v) is 1.81. The third-order valence-electron chi connectivity index (χ3n) is 2.50. The van der Waals surface area contributed by atoms with Crippen LogP contribution in [0, 0.1) is 5.82 Å². The Morgan fingerprint density at radius 1 is 1.35 bits per heavy atom. The maximum Gasteiger partial charge on any atom is 0.246 e. The van der Waals surface area contributed by atoms with Gasteiger partial charge in [0.2, 0.25) is 11.8 Å². The van der Waals surface area contributed by atoms with Gasteiger partial charge < -0.3 is 10.2 Å². The van der Waals surface area contributed by atoms with Gasteiger partial charge in [-0.1, -0.05) is 11.6 Å². The first kappa shape index (κ1) is 11.9. The van der Waals surface area contributed by atoms with Gasteiger partial charge in [0.25, 0.3) is 0 Å². The second-order valence-corrected chi connectivity index (χ2v) is 4.10. The second kappa shape index (κ2) is 4.71. The number of halogens is 2. The maximum absolute atomic E-state index is 13.7. The molecule has 0 radical (unpaired) electrons. The molecule has 1 aromatic rings. The third-order valence-corrected chi connectivity index (χ3v) is 2.74. The van der Waals surface area contributed by atoms with E-state index in [4.69, 9.17) is 11.6 Å². The molecule has 1 aliphatic rings. The maximum atomic E-state index is 13.7. The van der Waals surface area contributed by atoms with Gasteiger partial charge in [0.15, 0.2) is 0 Å². The van der Waals surface area contributed by atoms with Crippen LogP contribution in [-0.2, 0) is 9.59 Å². The Kier molecular flexibility index (Phi) is 3.28. The zero-order valence-electron chi connectivity index (χ0n) is 8.87. The Hall–Kier alpha value is -1.62. The molecule has 17 heavy (non-hydrogen) atoms. The lowest BCUT2D eigenvalue weighted by molar-refractivity contribution is -0.123. The van der Waals surface area contributed by atoms with Crippen molar-refractivity contribution in [2.45, 2.75) is 6.42 Å². The molecule has 0 aromatic heterocycles. The Balaban J connectivity index is 2.31. The lowest BCUT2D eigenvalue weighted by atomic mass is 10.2. The SMILES string of the molecule is O=C1CCN(c2ccc(Cl)cc2F)C(=O)CN1. The van der Waals surface area contributed by atoms with E-state index < -0.39 is 5.82 Å². The third kappa shape index (κ3) is 2.55. The van der Waals surface area contributed by atoms with E-state index in [-0.39, 0.29) is 42.0 Å². The largest absolute Gasteiger partial charge is 0.347 e. The fraction of sp³-hybridized carbons (Fsp3) is 0.273. The molecule has 0 spiro atoms. The van der Waals surface area contributed by atoms with Gasteiger partial charge in [-0.2, -0.15) is 0 Å². The van der Waals surface area contributed by atoms with E-state index in [0.717, 1.165) is 6.07 Å². The van der Waals surface area contributed by atoms with Gasteiger partial charge in [-0.25, -0.2) is 4.39 Å². The number of amides is 2. The molecule has 1 saturated heterocycles. The summed E-state index contributed by atoms with van der Waals surface area (Å²) in [5.74, 6) is -1.12. The molecule has 0 aliphatic carbocycles. The molecule has 2 amide bonds. The molecule has 1 aliphatic heterocycles. The quantitative estimate of drug-likeness (QED) is 0.824. The second-order valence-electron chi connectivity index (χ2n) is 3.67. The van der Waals surface area contributed by atoms with E-state index in [1.807, 2.05) is 0 Å². The first-order valence-corrected chi connectivity index (χ1v) is 5.48. The minimum Gasteiger partial charge on any atom is -0.347 e. The summed E-state index contributed by atoms with van der Waals surface area (Å²) < 4.78 is 13.7. The predicted octanol–water partition coefficient (Wildman–Crippen LogP) is 1.33. The van der Waals surface area contributed by atoms with Crippen LogP contribution in [0.2, 0.25) is 5.02 Å². The van der Waals surface area contributed by atoms with Crippen LogP contribution < -0.4 is 10.2 Å². The lowest BCUT2D eigenvalue weighted by Gasteiger charge is -2.20. The minimum absolute atomic E-state index is 0.110. The Labute approximate surface area is 102 Å². The fourth-order valence-electron chi connectivity index (χ4n) is 1.65. The summed E-state index contributed by atoms with van der Waals surface area (Å²) in [5.41, 5.74) is 0.149. The van der Waals surface area contributed by atoms with Crippen LogP contribution in [0.4, 0.5) is 10.1 Å². The van der Waals surface area contributed by atoms with Crippen molar-refractivity contribution >= 4 is 29.1 Å². The molecule has 1 N–H and O–H groups in total. The smallest absolute Gasteiger partial charge is 0.246 e. The van der Waals surface area contributed by atoms with Gasteiger partial charge in [0.05, 0.1) is 12.2 Å². The van der Waals surface area contributed by atoms with E-state index in [1.165, 1.54) is 17.0 Å². The molecule has 0 bridgehead atoms. The van der Waals surface area contributed by atoms with Gasteiger partial charge in [-0.3, -0.25) is 9.59 Å². The van der Waals surface area contributed by atoms with E-state index in [1.54, 1.807) is 0 Å². The van der Waals surface area contributed by atoms with E-state index >= 15 is 0 Å². The van der Waals surface area contributed by atoms with Crippen LogP contribution in [0.25, 0.3) is 0 Å². The van der Waals surface area contributed by atoms with Crippen LogP contribution in [-0.4, -0.2) is 24.9 Å². The molecule has 0 unspecified atom stereocenters.